The normalized spacial score (nSPS) is 10.8. The lowest BCUT2D eigenvalue weighted by Gasteiger charge is -2.21. The van der Waals surface area contributed by atoms with Crippen molar-refractivity contribution in [3.63, 3.8) is 0 Å². The van der Waals surface area contributed by atoms with Crippen LogP contribution in [0.5, 0.6) is 0 Å². The van der Waals surface area contributed by atoms with E-state index in [9.17, 15) is 9.18 Å². The molecule has 0 fully saturated rings. The van der Waals surface area contributed by atoms with Crippen LogP contribution in [-0.4, -0.2) is 59.1 Å². The maximum Gasteiger partial charge on any atom is 0.257 e. The van der Waals surface area contributed by atoms with Gasteiger partial charge in [-0.05, 0) is 31.2 Å². The maximum absolute atomic E-state index is 13.0. The molecule has 0 aliphatic heterocycles. The van der Waals surface area contributed by atoms with E-state index in [0.717, 1.165) is 0 Å². The van der Waals surface area contributed by atoms with Gasteiger partial charge in [0.1, 0.15) is 5.82 Å². The molecule has 23 heavy (non-hydrogen) atoms. The number of aromatic nitrogens is 2. The van der Waals surface area contributed by atoms with E-state index in [1.54, 1.807) is 30.8 Å². The number of halogens is 1. The largest absolute Gasteiger partial charge is 0.395 e. The van der Waals surface area contributed by atoms with Gasteiger partial charge in [-0.2, -0.15) is 5.10 Å². The molecule has 1 amide bonds. The van der Waals surface area contributed by atoms with Crippen molar-refractivity contribution in [3.8, 4) is 5.69 Å². The number of amides is 1. The van der Waals surface area contributed by atoms with Crippen molar-refractivity contribution in [2.24, 2.45) is 0 Å². The van der Waals surface area contributed by atoms with Gasteiger partial charge in [-0.1, -0.05) is 0 Å². The molecule has 1 aromatic heterocycles. The number of ether oxygens (including phenoxy) is 1. The summed E-state index contributed by atoms with van der Waals surface area (Å²) in [7, 11) is 1.55. The monoisotopic (exact) mass is 321 g/mol. The SMILES string of the molecule is COCCN(CCO)C(=O)c1cnn(-c2ccc(F)cc2)c1C. The predicted molar refractivity (Wildman–Crippen MR) is 83.1 cm³/mol. The van der Waals surface area contributed by atoms with Gasteiger partial charge in [0.15, 0.2) is 0 Å². The number of methoxy groups -OCH3 is 1. The molecule has 124 valence electrons. The van der Waals surface area contributed by atoms with Gasteiger partial charge in [-0.25, -0.2) is 9.07 Å². The van der Waals surface area contributed by atoms with Gasteiger partial charge < -0.3 is 14.7 Å². The lowest BCUT2D eigenvalue weighted by Crippen LogP contribution is -2.36. The zero-order chi connectivity index (χ0) is 16.8. The molecule has 0 atom stereocenters. The Bertz CT molecular complexity index is 655. The molecular weight excluding hydrogens is 301 g/mol. The fraction of sp³-hybridized carbons (Fsp3) is 0.375. The number of carbonyl (C=O) groups is 1. The second-order valence-electron chi connectivity index (χ2n) is 5.04. The smallest absolute Gasteiger partial charge is 0.257 e. The minimum atomic E-state index is -0.330. The fourth-order valence-electron chi connectivity index (χ4n) is 2.27. The van der Waals surface area contributed by atoms with E-state index in [1.807, 2.05) is 0 Å². The van der Waals surface area contributed by atoms with Crippen LogP contribution in [0.4, 0.5) is 4.39 Å². The summed E-state index contributed by atoms with van der Waals surface area (Å²) in [6, 6.07) is 5.88. The van der Waals surface area contributed by atoms with E-state index in [4.69, 9.17) is 9.84 Å². The molecule has 2 rings (SSSR count). The average molecular weight is 321 g/mol. The standard InChI is InChI=1S/C16H20FN3O3/c1-12-15(16(22)19(7-9-21)8-10-23-2)11-18-20(12)14-5-3-13(17)4-6-14/h3-6,11,21H,7-10H2,1-2H3. The Balaban J connectivity index is 2.26. The van der Waals surface area contributed by atoms with Gasteiger partial charge in [-0.15, -0.1) is 0 Å². The quantitative estimate of drug-likeness (QED) is 0.837. The molecule has 0 unspecified atom stereocenters. The molecule has 1 heterocycles. The Labute approximate surface area is 134 Å². The lowest BCUT2D eigenvalue weighted by atomic mass is 10.2. The van der Waals surface area contributed by atoms with Crippen molar-refractivity contribution >= 4 is 5.91 Å². The minimum absolute atomic E-state index is 0.124. The second kappa shape index (κ2) is 7.85. The van der Waals surface area contributed by atoms with Gasteiger partial charge in [-0.3, -0.25) is 4.79 Å². The molecule has 0 saturated heterocycles. The zero-order valence-corrected chi connectivity index (χ0v) is 13.2. The van der Waals surface area contributed by atoms with Crippen molar-refractivity contribution in [2.45, 2.75) is 6.92 Å². The van der Waals surface area contributed by atoms with E-state index < -0.39 is 0 Å². The molecule has 1 aromatic carbocycles. The van der Waals surface area contributed by atoms with Crippen molar-refractivity contribution < 1.29 is 19.0 Å². The summed E-state index contributed by atoms with van der Waals surface area (Å²) in [5.74, 6) is -0.550. The van der Waals surface area contributed by atoms with Crippen molar-refractivity contribution in [3.05, 3.63) is 47.5 Å². The second-order valence-corrected chi connectivity index (χ2v) is 5.04. The van der Waals surface area contributed by atoms with E-state index in [0.29, 0.717) is 30.1 Å². The summed E-state index contributed by atoms with van der Waals surface area (Å²) < 4.78 is 19.6. The maximum atomic E-state index is 13.0. The van der Waals surface area contributed by atoms with Gasteiger partial charge in [0.25, 0.3) is 5.91 Å². The van der Waals surface area contributed by atoms with Crippen LogP contribution in [0.15, 0.2) is 30.5 Å². The molecular formula is C16H20FN3O3. The van der Waals surface area contributed by atoms with Gasteiger partial charge in [0.05, 0.1) is 36.4 Å². The number of rotatable bonds is 7. The number of hydrogen-bond acceptors (Lipinski definition) is 4. The van der Waals surface area contributed by atoms with E-state index in [2.05, 4.69) is 5.10 Å². The summed E-state index contributed by atoms with van der Waals surface area (Å²) >= 11 is 0. The summed E-state index contributed by atoms with van der Waals surface area (Å²) in [5, 5.41) is 13.3. The number of benzene rings is 1. The van der Waals surface area contributed by atoms with Crippen LogP contribution in [0.1, 0.15) is 16.1 Å². The average Bonchev–Trinajstić information content (AvgIpc) is 2.93. The highest BCUT2D eigenvalue weighted by Crippen LogP contribution is 2.16. The predicted octanol–water partition coefficient (Wildman–Crippen LogP) is 1.40. The van der Waals surface area contributed by atoms with Gasteiger partial charge in [0.2, 0.25) is 0 Å². The Morgan fingerprint density at radius 2 is 2.04 bits per heavy atom. The molecule has 0 saturated carbocycles. The molecule has 2 aromatic rings. The van der Waals surface area contributed by atoms with Gasteiger partial charge in [0, 0.05) is 20.2 Å². The summed E-state index contributed by atoms with van der Waals surface area (Å²) in [4.78, 5) is 14.1. The molecule has 6 nitrogen and oxygen atoms in total. The lowest BCUT2D eigenvalue weighted by molar-refractivity contribution is 0.0655. The molecule has 0 aliphatic carbocycles. The topological polar surface area (TPSA) is 67.6 Å². The van der Waals surface area contributed by atoms with E-state index in [-0.39, 0.29) is 24.9 Å². The first kappa shape index (κ1) is 17.1. The Hall–Kier alpha value is -2.25. The Morgan fingerprint density at radius 3 is 2.65 bits per heavy atom. The molecule has 0 bridgehead atoms. The highest BCUT2D eigenvalue weighted by molar-refractivity contribution is 5.95. The summed E-state index contributed by atoms with van der Waals surface area (Å²) in [6.45, 7) is 2.65. The first-order chi connectivity index (χ1) is 11.1. The third-order valence-corrected chi connectivity index (χ3v) is 3.53. The van der Waals surface area contributed by atoms with Crippen molar-refractivity contribution in [1.29, 1.82) is 0 Å². The third kappa shape index (κ3) is 3.94. The van der Waals surface area contributed by atoms with Crippen LogP contribution in [0.3, 0.4) is 0 Å². The minimum Gasteiger partial charge on any atom is -0.395 e. The number of aliphatic hydroxyl groups excluding tert-OH is 1. The molecule has 0 aliphatic rings. The van der Waals surface area contributed by atoms with Crippen LogP contribution >= 0.6 is 0 Å². The highest BCUT2D eigenvalue weighted by Gasteiger charge is 2.20. The summed E-state index contributed by atoms with van der Waals surface area (Å²) in [6.07, 6.45) is 1.48. The first-order valence-corrected chi connectivity index (χ1v) is 7.28. The number of carbonyl (C=O) groups excluding carboxylic acids is 1. The van der Waals surface area contributed by atoms with Crippen molar-refractivity contribution in [2.75, 3.05) is 33.4 Å². The van der Waals surface area contributed by atoms with Crippen LogP contribution in [0.2, 0.25) is 0 Å². The number of hydrogen-bond donors (Lipinski definition) is 1. The number of nitrogens with zero attached hydrogens (tertiary/aromatic N) is 3. The Morgan fingerprint density at radius 1 is 1.35 bits per heavy atom. The molecule has 7 heteroatoms. The van der Waals surface area contributed by atoms with Crippen LogP contribution in [-0.2, 0) is 4.74 Å². The van der Waals surface area contributed by atoms with E-state index >= 15 is 0 Å². The fourth-order valence-corrected chi connectivity index (χ4v) is 2.27. The molecule has 0 spiro atoms. The number of aliphatic hydroxyl groups is 1. The van der Waals surface area contributed by atoms with Crippen LogP contribution < -0.4 is 0 Å². The van der Waals surface area contributed by atoms with Crippen molar-refractivity contribution in [1.82, 2.24) is 14.7 Å². The van der Waals surface area contributed by atoms with Gasteiger partial charge >= 0.3 is 0 Å². The first-order valence-electron chi connectivity index (χ1n) is 7.28. The zero-order valence-electron chi connectivity index (χ0n) is 13.2. The third-order valence-electron chi connectivity index (χ3n) is 3.53. The molecule has 0 radical (unpaired) electrons. The molecule has 1 N–H and O–H groups in total. The Kier molecular flexibility index (Phi) is 5.84. The summed E-state index contributed by atoms with van der Waals surface area (Å²) in [5.41, 5.74) is 1.77. The van der Waals surface area contributed by atoms with Crippen LogP contribution in [0, 0.1) is 12.7 Å². The van der Waals surface area contributed by atoms with Crippen LogP contribution in [0.25, 0.3) is 5.69 Å². The highest BCUT2D eigenvalue weighted by atomic mass is 19.1. The van der Waals surface area contributed by atoms with E-state index in [1.165, 1.54) is 23.2 Å².